The predicted octanol–water partition coefficient (Wildman–Crippen LogP) is 2.84. The van der Waals surface area contributed by atoms with Crippen LogP contribution in [0.25, 0.3) is 16.9 Å². The minimum absolute atomic E-state index is 0.0831. The lowest BCUT2D eigenvalue weighted by atomic mass is 10.1. The maximum Gasteiger partial charge on any atom is 0.295 e. The largest absolute Gasteiger partial charge is 0.616 e. The smallest absolute Gasteiger partial charge is 0.295 e. The van der Waals surface area contributed by atoms with Gasteiger partial charge in [-0.25, -0.2) is 0 Å². The van der Waals surface area contributed by atoms with Crippen molar-refractivity contribution in [2.75, 3.05) is 55.1 Å². The van der Waals surface area contributed by atoms with Crippen LogP contribution in [0.1, 0.15) is 6.92 Å². The summed E-state index contributed by atoms with van der Waals surface area (Å²) in [6.07, 6.45) is 0. The Morgan fingerprint density at radius 3 is 2.57 bits per heavy atom. The lowest BCUT2D eigenvalue weighted by Gasteiger charge is -2.30. The van der Waals surface area contributed by atoms with Crippen molar-refractivity contribution in [1.82, 2.24) is 9.78 Å². The molecule has 0 N–H and O–H groups in total. The molecule has 1 saturated heterocycles. The SMILES string of the molecule is CCN(C)c1cc(-c2cccc(OC)c2)nn(-c2cc(N3CC[S+]([O-])CC3)ccc2[N+](=O)[O-])c1=O. The Kier molecular flexibility index (Phi) is 7.27. The quantitative estimate of drug-likeness (QED) is 0.278. The van der Waals surface area contributed by atoms with Gasteiger partial charge in [-0.05, 0) is 37.3 Å². The van der Waals surface area contributed by atoms with Crippen molar-refractivity contribution in [1.29, 1.82) is 0 Å². The summed E-state index contributed by atoms with van der Waals surface area (Å²) < 4.78 is 18.2. The number of methoxy groups -OCH3 is 1. The molecule has 0 spiro atoms. The molecule has 0 amide bonds. The van der Waals surface area contributed by atoms with Gasteiger partial charge in [0.1, 0.15) is 28.6 Å². The number of anilines is 2. The van der Waals surface area contributed by atoms with E-state index in [2.05, 4.69) is 5.10 Å². The van der Waals surface area contributed by atoms with E-state index >= 15 is 0 Å². The molecule has 4 rings (SSSR count). The molecule has 35 heavy (non-hydrogen) atoms. The standard InChI is InChI=1S/C24H27N5O5S/c1-4-26(2)23-16-20(17-6-5-7-19(14-17)34-3)25-28(24(23)30)22-15-18(8-9-21(22)29(31)32)27-10-12-35(33)13-11-27/h5-9,14-16H,4,10-13H2,1-3H3. The average Bonchev–Trinajstić information content (AvgIpc) is 2.88. The van der Waals surface area contributed by atoms with Crippen LogP contribution in [0.2, 0.25) is 0 Å². The molecule has 3 aromatic rings. The van der Waals surface area contributed by atoms with E-state index in [0.29, 0.717) is 59.5 Å². The molecular weight excluding hydrogens is 470 g/mol. The molecule has 0 saturated carbocycles. The fraction of sp³-hybridized carbons (Fsp3) is 0.333. The first kappa shape index (κ1) is 24.6. The van der Waals surface area contributed by atoms with E-state index in [-0.39, 0.29) is 11.4 Å². The highest BCUT2D eigenvalue weighted by Gasteiger charge is 2.25. The van der Waals surface area contributed by atoms with Crippen LogP contribution in [0, 0.1) is 10.1 Å². The summed E-state index contributed by atoms with van der Waals surface area (Å²) in [4.78, 5) is 28.8. The van der Waals surface area contributed by atoms with E-state index < -0.39 is 21.7 Å². The first-order valence-corrected chi connectivity index (χ1v) is 12.7. The highest BCUT2D eigenvalue weighted by Crippen LogP contribution is 2.30. The molecule has 2 aromatic carbocycles. The van der Waals surface area contributed by atoms with Gasteiger partial charge in [0.05, 0.1) is 30.8 Å². The Morgan fingerprint density at radius 2 is 1.91 bits per heavy atom. The summed E-state index contributed by atoms with van der Waals surface area (Å²) >= 11 is -0.861. The van der Waals surface area contributed by atoms with Crippen molar-refractivity contribution in [3.05, 3.63) is 69.0 Å². The molecular formula is C24H27N5O5S. The molecule has 184 valence electrons. The lowest BCUT2D eigenvalue weighted by molar-refractivity contribution is -0.384. The summed E-state index contributed by atoms with van der Waals surface area (Å²) in [5, 5.41) is 16.5. The normalized spacial score (nSPS) is 14.1. The third-order valence-electron chi connectivity index (χ3n) is 6.07. The highest BCUT2D eigenvalue weighted by atomic mass is 32.2. The molecule has 10 nitrogen and oxygen atoms in total. The summed E-state index contributed by atoms with van der Waals surface area (Å²) in [5.41, 5.74) is 1.67. The van der Waals surface area contributed by atoms with Gasteiger partial charge < -0.3 is 19.1 Å². The van der Waals surface area contributed by atoms with Crippen molar-refractivity contribution in [3.8, 4) is 22.7 Å². The number of rotatable bonds is 7. The first-order chi connectivity index (χ1) is 16.8. The van der Waals surface area contributed by atoms with Crippen LogP contribution in [0.5, 0.6) is 5.75 Å². The molecule has 1 aliphatic heterocycles. The van der Waals surface area contributed by atoms with Crippen molar-refractivity contribution in [3.63, 3.8) is 0 Å². The van der Waals surface area contributed by atoms with Crippen molar-refractivity contribution in [2.24, 2.45) is 0 Å². The van der Waals surface area contributed by atoms with Gasteiger partial charge in [0, 0.05) is 30.9 Å². The molecule has 1 aliphatic rings. The molecule has 0 aliphatic carbocycles. The van der Waals surface area contributed by atoms with E-state index in [0.717, 1.165) is 4.68 Å². The highest BCUT2D eigenvalue weighted by molar-refractivity contribution is 7.91. The lowest BCUT2D eigenvalue weighted by Crippen LogP contribution is -2.40. The molecule has 0 atom stereocenters. The number of hydrogen-bond donors (Lipinski definition) is 0. The van der Waals surface area contributed by atoms with Gasteiger partial charge in [0.2, 0.25) is 0 Å². The zero-order chi connectivity index (χ0) is 25.1. The molecule has 0 radical (unpaired) electrons. The van der Waals surface area contributed by atoms with Gasteiger partial charge in [-0.1, -0.05) is 23.3 Å². The van der Waals surface area contributed by atoms with Crippen LogP contribution >= 0.6 is 0 Å². The van der Waals surface area contributed by atoms with E-state index in [1.54, 1.807) is 49.4 Å². The van der Waals surface area contributed by atoms with Crippen molar-refractivity contribution in [2.45, 2.75) is 6.92 Å². The van der Waals surface area contributed by atoms with Crippen molar-refractivity contribution >= 4 is 28.2 Å². The summed E-state index contributed by atoms with van der Waals surface area (Å²) in [6, 6.07) is 13.6. The number of aromatic nitrogens is 2. The van der Waals surface area contributed by atoms with Gasteiger partial charge >= 0.3 is 0 Å². The maximum atomic E-state index is 13.5. The Labute approximate surface area is 206 Å². The van der Waals surface area contributed by atoms with Crippen LogP contribution in [-0.4, -0.2) is 64.6 Å². The summed E-state index contributed by atoms with van der Waals surface area (Å²) in [7, 11) is 3.35. The second-order valence-corrected chi connectivity index (χ2v) is 9.84. The molecule has 0 bridgehead atoms. The van der Waals surface area contributed by atoms with Crippen LogP contribution in [0.3, 0.4) is 0 Å². The second-order valence-electron chi connectivity index (χ2n) is 8.14. The fourth-order valence-corrected chi connectivity index (χ4v) is 4.99. The van der Waals surface area contributed by atoms with Crippen LogP contribution in [0.15, 0.2) is 53.3 Å². The number of nitro groups is 1. The Balaban J connectivity index is 1.92. The minimum atomic E-state index is -0.861. The monoisotopic (exact) mass is 497 g/mol. The first-order valence-electron chi connectivity index (χ1n) is 11.2. The Morgan fingerprint density at radius 1 is 1.17 bits per heavy atom. The van der Waals surface area contributed by atoms with Crippen LogP contribution in [0.4, 0.5) is 17.1 Å². The number of hydrogen-bond acceptors (Lipinski definition) is 8. The predicted molar refractivity (Wildman–Crippen MR) is 138 cm³/mol. The van der Waals surface area contributed by atoms with Crippen LogP contribution < -0.4 is 20.1 Å². The number of nitrogens with zero attached hydrogens (tertiary/aromatic N) is 5. The number of benzene rings is 2. The molecule has 0 unspecified atom stereocenters. The Bertz CT molecular complexity index is 1290. The molecule has 1 fully saturated rings. The van der Waals surface area contributed by atoms with E-state index in [1.165, 1.54) is 6.07 Å². The van der Waals surface area contributed by atoms with Gasteiger partial charge in [-0.3, -0.25) is 14.9 Å². The van der Waals surface area contributed by atoms with E-state index in [1.807, 2.05) is 24.0 Å². The van der Waals surface area contributed by atoms with Gasteiger partial charge in [-0.2, -0.15) is 9.78 Å². The van der Waals surface area contributed by atoms with E-state index in [4.69, 9.17) is 4.74 Å². The zero-order valence-electron chi connectivity index (χ0n) is 19.8. The van der Waals surface area contributed by atoms with Crippen LogP contribution in [-0.2, 0) is 11.2 Å². The van der Waals surface area contributed by atoms with Gasteiger partial charge in [0.15, 0.2) is 0 Å². The topological polar surface area (TPSA) is 117 Å². The molecule has 1 aromatic heterocycles. The zero-order valence-corrected chi connectivity index (χ0v) is 20.7. The number of ether oxygens (including phenoxy) is 1. The maximum absolute atomic E-state index is 13.5. The fourth-order valence-electron chi connectivity index (χ4n) is 3.94. The molecule has 2 heterocycles. The summed E-state index contributed by atoms with van der Waals surface area (Å²) in [6.45, 7) is 3.61. The second kappa shape index (κ2) is 10.4. The molecule has 11 heteroatoms. The third-order valence-corrected chi connectivity index (χ3v) is 7.35. The van der Waals surface area contributed by atoms with Gasteiger partial charge in [0.25, 0.3) is 11.2 Å². The summed E-state index contributed by atoms with van der Waals surface area (Å²) in [5.74, 6) is 1.69. The Hall–Kier alpha value is -3.57. The minimum Gasteiger partial charge on any atom is -0.616 e. The third kappa shape index (κ3) is 5.10. The average molecular weight is 498 g/mol. The van der Waals surface area contributed by atoms with E-state index in [9.17, 15) is 19.5 Å². The van der Waals surface area contributed by atoms with Gasteiger partial charge in [-0.15, -0.1) is 0 Å². The van der Waals surface area contributed by atoms with Crippen molar-refractivity contribution < 1.29 is 14.2 Å². The number of nitro benzene ring substituents is 1.